The number of halogens is 1. The molecular formula is C14H15BrN2O. The van der Waals surface area contributed by atoms with Crippen LogP contribution in [0.4, 0.5) is 11.4 Å². The molecule has 0 atom stereocenters. The molecule has 0 aliphatic rings. The summed E-state index contributed by atoms with van der Waals surface area (Å²) in [4.78, 5) is 0. The summed E-state index contributed by atoms with van der Waals surface area (Å²) >= 11 is 3.39. The number of benzene rings is 2. The fraction of sp³-hybridized carbons (Fsp3) is 0.143. The summed E-state index contributed by atoms with van der Waals surface area (Å²) in [5.74, 6) is 0.859. The molecule has 0 radical (unpaired) electrons. The van der Waals surface area contributed by atoms with Gasteiger partial charge in [-0.15, -0.1) is 0 Å². The molecule has 0 amide bonds. The molecule has 18 heavy (non-hydrogen) atoms. The molecule has 0 saturated carbocycles. The van der Waals surface area contributed by atoms with Crippen LogP contribution in [0.15, 0.2) is 46.9 Å². The SMILES string of the molecule is COc1cccc(CNc2ccc(Br)cc2N)c1. The van der Waals surface area contributed by atoms with Crippen LogP contribution in [0.3, 0.4) is 0 Å². The third-order valence-electron chi connectivity index (χ3n) is 2.63. The third-order valence-corrected chi connectivity index (χ3v) is 3.12. The van der Waals surface area contributed by atoms with E-state index in [0.717, 1.165) is 27.2 Å². The van der Waals surface area contributed by atoms with Crippen molar-refractivity contribution in [1.82, 2.24) is 0 Å². The lowest BCUT2D eigenvalue weighted by Gasteiger charge is -2.10. The number of methoxy groups -OCH3 is 1. The van der Waals surface area contributed by atoms with Crippen LogP contribution in [-0.4, -0.2) is 7.11 Å². The minimum absolute atomic E-state index is 0.711. The first-order valence-electron chi connectivity index (χ1n) is 5.61. The smallest absolute Gasteiger partial charge is 0.119 e. The number of hydrogen-bond donors (Lipinski definition) is 2. The number of nitrogens with one attached hydrogen (secondary N) is 1. The zero-order valence-electron chi connectivity index (χ0n) is 10.1. The van der Waals surface area contributed by atoms with Crippen molar-refractivity contribution < 1.29 is 4.74 Å². The quantitative estimate of drug-likeness (QED) is 0.848. The fourth-order valence-corrected chi connectivity index (χ4v) is 2.05. The minimum atomic E-state index is 0.711. The minimum Gasteiger partial charge on any atom is -0.497 e. The second-order valence-corrected chi connectivity index (χ2v) is 4.85. The summed E-state index contributed by atoms with van der Waals surface area (Å²) in [5, 5.41) is 3.31. The van der Waals surface area contributed by atoms with Gasteiger partial charge in [-0.25, -0.2) is 0 Å². The number of nitrogens with two attached hydrogens (primary N) is 1. The van der Waals surface area contributed by atoms with Crippen LogP contribution in [-0.2, 0) is 6.54 Å². The van der Waals surface area contributed by atoms with E-state index in [4.69, 9.17) is 10.5 Å². The van der Waals surface area contributed by atoms with Crippen molar-refractivity contribution >= 4 is 27.3 Å². The Labute approximate surface area is 115 Å². The molecule has 0 saturated heterocycles. The van der Waals surface area contributed by atoms with Gasteiger partial charge in [-0.05, 0) is 35.9 Å². The first-order chi connectivity index (χ1) is 8.69. The Bertz CT molecular complexity index is 543. The van der Waals surface area contributed by atoms with Crippen molar-refractivity contribution in [3.8, 4) is 5.75 Å². The molecular weight excluding hydrogens is 292 g/mol. The second-order valence-electron chi connectivity index (χ2n) is 3.94. The summed E-state index contributed by atoms with van der Waals surface area (Å²) in [6.45, 7) is 0.711. The van der Waals surface area contributed by atoms with E-state index in [-0.39, 0.29) is 0 Å². The lowest BCUT2D eigenvalue weighted by Crippen LogP contribution is -2.02. The Kier molecular flexibility index (Phi) is 4.10. The highest BCUT2D eigenvalue weighted by molar-refractivity contribution is 9.10. The molecule has 2 aromatic carbocycles. The summed E-state index contributed by atoms with van der Waals surface area (Å²) in [6, 6.07) is 13.8. The van der Waals surface area contributed by atoms with Gasteiger partial charge in [0.2, 0.25) is 0 Å². The van der Waals surface area contributed by atoms with Crippen molar-refractivity contribution in [2.24, 2.45) is 0 Å². The van der Waals surface area contributed by atoms with Gasteiger partial charge in [0, 0.05) is 11.0 Å². The van der Waals surface area contributed by atoms with E-state index in [1.54, 1.807) is 7.11 Å². The van der Waals surface area contributed by atoms with Crippen LogP contribution in [0.25, 0.3) is 0 Å². The zero-order valence-corrected chi connectivity index (χ0v) is 11.7. The Morgan fingerprint density at radius 1 is 1.22 bits per heavy atom. The topological polar surface area (TPSA) is 47.3 Å². The van der Waals surface area contributed by atoms with E-state index in [9.17, 15) is 0 Å². The Morgan fingerprint density at radius 3 is 2.78 bits per heavy atom. The van der Waals surface area contributed by atoms with E-state index in [1.165, 1.54) is 0 Å². The van der Waals surface area contributed by atoms with E-state index in [2.05, 4.69) is 21.2 Å². The molecule has 0 spiro atoms. The molecule has 0 aliphatic carbocycles. The third kappa shape index (κ3) is 3.17. The highest BCUT2D eigenvalue weighted by Gasteiger charge is 2.00. The van der Waals surface area contributed by atoms with Gasteiger partial charge in [-0.3, -0.25) is 0 Å². The van der Waals surface area contributed by atoms with Crippen molar-refractivity contribution in [2.45, 2.75) is 6.54 Å². The Balaban J connectivity index is 2.06. The Hall–Kier alpha value is -1.68. The molecule has 2 aromatic rings. The van der Waals surface area contributed by atoms with E-state index >= 15 is 0 Å². The summed E-state index contributed by atoms with van der Waals surface area (Å²) in [6.07, 6.45) is 0. The van der Waals surface area contributed by atoms with Crippen LogP contribution in [0, 0.1) is 0 Å². The largest absolute Gasteiger partial charge is 0.497 e. The maximum absolute atomic E-state index is 5.92. The molecule has 0 heterocycles. The first kappa shape index (κ1) is 12.8. The normalized spacial score (nSPS) is 10.1. The number of hydrogen-bond acceptors (Lipinski definition) is 3. The number of ether oxygens (including phenoxy) is 1. The van der Waals surface area contributed by atoms with E-state index in [1.807, 2.05) is 42.5 Å². The molecule has 3 nitrogen and oxygen atoms in total. The van der Waals surface area contributed by atoms with Gasteiger partial charge < -0.3 is 15.8 Å². The lowest BCUT2D eigenvalue weighted by atomic mass is 10.2. The molecule has 4 heteroatoms. The second kappa shape index (κ2) is 5.78. The first-order valence-corrected chi connectivity index (χ1v) is 6.40. The van der Waals surface area contributed by atoms with Crippen LogP contribution >= 0.6 is 15.9 Å². The van der Waals surface area contributed by atoms with Crippen molar-refractivity contribution in [3.63, 3.8) is 0 Å². The molecule has 3 N–H and O–H groups in total. The highest BCUT2D eigenvalue weighted by Crippen LogP contribution is 2.23. The number of rotatable bonds is 4. The van der Waals surface area contributed by atoms with Crippen molar-refractivity contribution in [3.05, 3.63) is 52.5 Å². The highest BCUT2D eigenvalue weighted by atomic mass is 79.9. The van der Waals surface area contributed by atoms with Gasteiger partial charge >= 0.3 is 0 Å². The van der Waals surface area contributed by atoms with Gasteiger partial charge in [-0.1, -0.05) is 28.1 Å². The van der Waals surface area contributed by atoms with Crippen molar-refractivity contribution in [1.29, 1.82) is 0 Å². The monoisotopic (exact) mass is 306 g/mol. The van der Waals surface area contributed by atoms with Gasteiger partial charge in [0.05, 0.1) is 18.5 Å². The molecule has 0 aromatic heterocycles. The van der Waals surface area contributed by atoms with E-state index < -0.39 is 0 Å². The molecule has 0 fully saturated rings. The average molecular weight is 307 g/mol. The maximum atomic E-state index is 5.92. The summed E-state index contributed by atoms with van der Waals surface area (Å²) < 4.78 is 6.17. The number of nitrogen functional groups attached to an aromatic ring is 1. The molecule has 0 aliphatic heterocycles. The molecule has 0 unspecified atom stereocenters. The number of anilines is 2. The summed E-state index contributed by atoms with van der Waals surface area (Å²) in [5.41, 5.74) is 8.73. The predicted molar refractivity (Wildman–Crippen MR) is 78.9 cm³/mol. The van der Waals surface area contributed by atoms with Crippen molar-refractivity contribution in [2.75, 3.05) is 18.2 Å². The van der Waals surface area contributed by atoms with Gasteiger partial charge in [-0.2, -0.15) is 0 Å². The lowest BCUT2D eigenvalue weighted by molar-refractivity contribution is 0.414. The molecule has 94 valence electrons. The van der Waals surface area contributed by atoms with Crippen LogP contribution < -0.4 is 15.8 Å². The molecule has 2 rings (SSSR count). The van der Waals surface area contributed by atoms with Gasteiger partial charge in [0.1, 0.15) is 5.75 Å². The zero-order chi connectivity index (χ0) is 13.0. The van der Waals surface area contributed by atoms with Crippen LogP contribution in [0.2, 0.25) is 0 Å². The van der Waals surface area contributed by atoms with Gasteiger partial charge in [0.15, 0.2) is 0 Å². The predicted octanol–water partition coefficient (Wildman–Crippen LogP) is 3.65. The Morgan fingerprint density at radius 2 is 2.06 bits per heavy atom. The maximum Gasteiger partial charge on any atom is 0.119 e. The van der Waals surface area contributed by atoms with Crippen LogP contribution in [0.5, 0.6) is 5.75 Å². The fourth-order valence-electron chi connectivity index (χ4n) is 1.67. The summed E-state index contributed by atoms with van der Waals surface area (Å²) in [7, 11) is 1.67. The van der Waals surface area contributed by atoms with E-state index in [0.29, 0.717) is 6.54 Å². The average Bonchev–Trinajstić information content (AvgIpc) is 2.38. The van der Waals surface area contributed by atoms with Gasteiger partial charge in [0.25, 0.3) is 0 Å². The standard InChI is InChI=1S/C14H15BrN2O/c1-18-12-4-2-3-10(7-12)9-17-14-6-5-11(15)8-13(14)16/h2-8,17H,9,16H2,1H3. The molecule has 0 bridgehead atoms. The van der Waals surface area contributed by atoms with Crippen LogP contribution in [0.1, 0.15) is 5.56 Å².